The Morgan fingerprint density at radius 2 is 0.400 bits per heavy atom. The molecule has 4 nitrogen and oxygen atoms in total. The first-order valence-electron chi connectivity index (χ1n) is 43.1. The zero-order chi connectivity index (χ0) is 62.1. The summed E-state index contributed by atoms with van der Waals surface area (Å²) in [7, 11) is 0. The predicted molar refractivity (Wildman–Crippen MR) is 387 cm³/mol. The van der Waals surface area contributed by atoms with Crippen molar-refractivity contribution in [2.75, 3.05) is 0 Å². The lowest BCUT2D eigenvalue weighted by Gasteiger charge is -2.69. The van der Waals surface area contributed by atoms with E-state index in [1.807, 2.05) is 0 Å². The molecule has 4 heteroatoms. The quantitative estimate of drug-likeness (QED) is 0.0800. The number of hydrogen-bond donors (Lipinski definition) is 0. The van der Waals surface area contributed by atoms with Crippen LogP contribution in [0.1, 0.15) is 389 Å². The molecule has 0 saturated heterocycles. The van der Waals surface area contributed by atoms with Crippen molar-refractivity contribution in [3.05, 3.63) is 0 Å². The standard InChI is InChI=1S/C86H154N4/c1-9-11-13-15-17-19-21-67-35-51-75(52-36-67)89(73-47-31-65(7)32-48-73)83-59-81(87(69-39-23-61(3)24-40-69)70-41-25-62(4)26-42-70)77-56-58-80-84(90(74-49-33-66(8)34-50-74)76-53-37-68(38-54-76)22-20-18-16-14-12-10-2)60-82(78-55-57-79(83)85(77)86(78)80)88(71-43-27-63(5)28-44-71)72-45-29-64(6)30-46-72/h61-86H,9-60H2,1-8H3. The third-order valence-electron chi connectivity index (χ3n) is 31.4. The maximum Gasteiger partial charge on any atom is 0.0147 e. The van der Waals surface area contributed by atoms with E-state index in [-0.39, 0.29) is 0 Å². The highest BCUT2D eigenvalue weighted by Gasteiger charge is 2.64. The second-order valence-electron chi connectivity index (χ2n) is 37.4. The van der Waals surface area contributed by atoms with Gasteiger partial charge in [0.25, 0.3) is 0 Å². The third kappa shape index (κ3) is 16.9. The third-order valence-corrected chi connectivity index (χ3v) is 31.4. The van der Waals surface area contributed by atoms with Crippen LogP contribution >= 0.6 is 0 Å². The van der Waals surface area contributed by atoms with Crippen LogP contribution in [-0.4, -0.2) is 92.1 Å². The van der Waals surface area contributed by atoms with Gasteiger partial charge in [0.05, 0.1) is 0 Å². The van der Waals surface area contributed by atoms with E-state index in [4.69, 9.17) is 0 Å². The first kappa shape index (κ1) is 69.7. The summed E-state index contributed by atoms with van der Waals surface area (Å²) in [6, 6.07) is 9.97. The van der Waals surface area contributed by atoms with Crippen molar-refractivity contribution in [1.82, 2.24) is 19.6 Å². The van der Waals surface area contributed by atoms with E-state index in [2.05, 4.69) is 75.0 Å². The molecule has 0 aliphatic heterocycles. The fraction of sp³-hybridized carbons (Fsp3) is 1.00. The van der Waals surface area contributed by atoms with Crippen LogP contribution in [-0.2, 0) is 0 Å². The Morgan fingerprint density at radius 3 is 0.611 bits per heavy atom. The van der Waals surface area contributed by atoms with Crippen LogP contribution in [0.5, 0.6) is 0 Å². The molecule has 0 N–H and O–H groups in total. The Kier molecular flexibility index (Phi) is 26.4. The molecule has 0 aromatic heterocycles. The van der Waals surface area contributed by atoms with Crippen molar-refractivity contribution < 1.29 is 0 Å². The van der Waals surface area contributed by atoms with Gasteiger partial charge in [-0.2, -0.15) is 0 Å². The summed E-state index contributed by atoms with van der Waals surface area (Å²) in [5.41, 5.74) is 0. The number of rotatable bonds is 26. The van der Waals surface area contributed by atoms with Crippen molar-refractivity contribution in [1.29, 1.82) is 0 Å². The van der Waals surface area contributed by atoms with Gasteiger partial charge in [0.1, 0.15) is 0 Å². The maximum absolute atomic E-state index is 3.63. The van der Waals surface area contributed by atoms with Gasteiger partial charge < -0.3 is 0 Å². The monoisotopic (exact) mass is 1240 g/mol. The number of hydrogen-bond acceptors (Lipinski definition) is 4. The highest BCUT2D eigenvalue weighted by molar-refractivity contribution is 5.17. The largest absolute Gasteiger partial charge is 0.294 e. The van der Waals surface area contributed by atoms with Gasteiger partial charge in [0.2, 0.25) is 0 Å². The van der Waals surface area contributed by atoms with Crippen LogP contribution in [0.25, 0.3) is 0 Å². The molecule has 0 amide bonds. The molecule has 90 heavy (non-hydrogen) atoms. The van der Waals surface area contributed by atoms with Crippen LogP contribution in [0, 0.1) is 82.9 Å². The zero-order valence-corrected chi connectivity index (χ0v) is 61.6. The molecule has 12 saturated carbocycles. The molecule has 518 valence electrons. The van der Waals surface area contributed by atoms with Crippen molar-refractivity contribution in [3.8, 4) is 0 Å². The lowest BCUT2D eigenvalue weighted by molar-refractivity contribution is -0.197. The first-order valence-corrected chi connectivity index (χ1v) is 43.1. The summed E-state index contributed by atoms with van der Waals surface area (Å²) in [5, 5.41) is 0. The Balaban J connectivity index is 0.943. The fourth-order valence-electron chi connectivity index (χ4n) is 26.2. The summed E-state index contributed by atoms with van der Waals surface area (Å²) >= 11 is 0. The average molecular weight is 1240 g/mol. The lowest BCUT2D eigenvalue weighted by atomic mass is 9.44. The van der Waals surface area contributed by atoms with E-state index in [1.165, 1.54) is 270 Å². The van der Waals surface area contributed by atoms with Crippen molar-refractivity contribution in [2.24, 2.45) is 82.9 Å². The number of unbranched alkanes of at least 4 members (excludes halogenated alkanes) is 10. The summed E-state index contributed by atoms with van der Waals surface area (Å²) in [5.74, 6) is 13.2. The zero-order valence-electron chi connectivity index (χ0n) is 61.6. The minimum atomic E-state index is 0.814. The first-order chi connectivity index (χ1) is 44.0. The van der Waals surface area contributed by atoms with Crippen LogP contribution in [0.3, 0.4) is 0 Å². The molecule has 10 unspecified atom stereocenters. The predicted octanol–water partition coefficient (Wildman–Crippen LogP) is 23.9. The van der Waals surface area contributed by atoms with E-state index >= 15 is 0 Å². The summed E-state index contributed by atoms with van der Waals surface area (Å²) in [4.78, 5) is 14.5. The molecule has 0 aromatic rings. The van der Waals surface area contributed by atoms with Gasteiger partial charge in [-0.25, -0.2) is 0 Å². The molecule has 12 rings (SSSR count). The minimum Gasteiger partial charge on any atom is -0.294 e. The smallest absolute Gasteiger partial charge is 0.0147 e. The van der Waals surface area contributed by atoms with E-state index < -0.39 is 0 Å². The summed E-state index contributed by atoms with van der Waals surface area (Å²) in [6.07, 6.45) is 78.4. The van der Waals surface area contributed by atoms with E-state index in [0.29, 0.717) is 0 Å². The minimum absolute atomic E-state index is 0.814. The Labute approximate surface area is 561 Å². The molecule has 0 aromatic carbocycles. The second-order valence-corrected chi connectivity index (χ2v) is 37.4. The highest BCUT2D eigenvalue weighted by Crippen LogP contribution is 2.65. The van der Waals surface area contributed by atoms with Crippen molar-refractivity contribution in [2.45, 2.75) is 462 Å². The van der Waals surface area contributed by atoms with Crippen LogP contribution in [0.4, 0.5) is 0 Å². The molecule has 12 fully saturated rings. The van der Waals surface area contributed by atoms with Crippen LogP contribution in [0.15, 0.2) is 0 Å². The molecular weight excluding hydrogens is 1090 g/mol. The van der Waals surface area contributed by atoms with Gasteiger partial charge in [0, 0.05) is 72.5 Å². The molecule has 10 atom stereocenters. The van der Waals surface area contributed by atoms with E-state index in [1.54, 1.807) is 64.2 Å². The Hall–Kier alpha value is -0.160. The van der Waals surface area contributed by atoms with E-state index in [9.17, 15) is 0 Å². The summed E-state index contributed by atoms with van der Waals surface area (Å²) in [6.45, 7) is 20.6. The maximum atomic E-state index is 3.63. The lowest BCUT2D eigenvalue weighted by Crippen LogP contribution is -2.72. The topological polar surface area (TPSA) is 13.0 Å². The van der Waals surface area contributed by atoms with Crippen LogP contribution < -0.4 is 0 Å². The Morgan fingerprint density at radius 1 is 0.211 bits per heavy atom. The Bertz CT molecular complexity index is 1800. The van der Waals surface area contributed by atoms with Crippen LogP contribution in [0.2, 0.25) is 0 Å². The van der Waals surface area contributed by atoms with Gasteiger partial charge in [0.15, 0.2) is 0 Å². The van der Waals surface area contributed by atoms with E-state index in [0.717, 1.165) is 155 Å². The molecule has 12 aliphatic rings. The second kappa shape index (κ2) is 34.1. The molecule has 0 spiro atoms. The average Bonchev–Trinajstić information content (AvgIpc) is 0.706. The van der Waals surface area contributed by atoms with Gasteiger partial charge in [-0.15, -0.1) is 0 Å². The van der Waals surface area contributed by atoms with Gasteiger partial charge in [-0.1, -0.05) is 145 Å². The molecule has 0 radical (unpaired) electrons. The van der Waals surface area contributed by atoms with Crippen molar-refractivity contribution >= 4 is 0 Å². The van der Waals surface area contributed by atoms with Gasteiger partial charge >= 0.3 is 0 Å². The fourth-order valence-corrected chi connectivity index (χ4v) is 26.2. The van der Waals surface area contributed by atoms with Gasteiger partial charge in [-0.3, -0.25) is 19.6 Å². The normalized spacial score (nSPS) is 44.7. The molecule has 12 aliphatic carbocycles. The molecule has 0 bridgehead atoms. The molecule has 0 heterocycles. The van der Waals surface area contributed by atoms with Gasteiger partial charge in [-0.05, 0) is 327 Å². The van der Waals surface area contributed by atoms with Crippen molar-refractivity contribution in [3.63, 3.8) is 0 Å². The number of nitrogens with zero attached hydrogens (tertiary/aromatic N) is 4. The SMILES string of the molecule is CCCCCCCCC1CCC(N(C2CCC(C)CC2)C2CC(N(C3CCC(C)CC3)C3CCC(C)CC3)C3CCC4C5C(CCC2C35)C(N(C2CCC(C)CC2)C2CCC(C)CC2)CC4N(C2CCC(C)CC2)C2CCC(CCCCCCCC)CC2)CC1. The highest BCUT2D eigenvalue weighted by atomic mass is 15.3. The summed E-state index contributed by atoms with van der Waals surface area (Å²) < 4.78 is 0. The molecular formula is C86H154N4.